The molecule has 0 unspecified atom stereocenters. The zero-order chi connectivity index (χ0) is 10.9. The lowest BCUT2D eigenvalue weighted by Gasteiger charge is -2.23. The highest BCUT2D eigenvalue weighted by Crippen LogP contribution is 2.37. The van der Waals surface area contributed by atoms with Crippen LogP contribution >= 0.6 is 11.3 Å². The maximum atomic E-state index is 2.35. The molecule has 0 fully saturated rings. The van der Waals surface area contributed by atoms with Crippen LogP contribution < -0.4 is 0 Å². The van der Waals surface area contributed by atoms with E-state index in [4.69, 9.17) is 0 Å². The summed E-state index contributed by atoms with van der Waals surface area (Å²) in [6, 6.07) is 8.72. The molecule has 0 saturated carbocycles. The van der Waals surface area contributed by atoms with Crippen LogP contribution in [0.5, 0.6) is 0 Å². The monoisotopic (exact) mass is 218 g/mol. The molecule has 0 nitrogen and oxygen atoms in total. The summed E-state index contributed by atoms with van der Waals surface area (Å²) in [6.45, 7) is 6.96. The van der Waals surface area contributed by atoms with Gasteiger partial charge in [0.1, 0.15) is 0 Å². The smallest absolute Gasteiger partial charge is 0.0345 e. The summed E-state index contributed by atoms with van der Waals surface area (Å²) in [6.07, 6.45) is 2.50. The molecule has 0 aliphatic heterocycles. The second-order valence-electron chi connectivity index (χ2n) is 4.78. The Kier molecular flexibility index (Phi) is 2.83. The van der Waals surface area contributed by atoms with Crippen LogP contribution in [0.2, 0.25) is 0 Å². The average Bonchev–Trinajstić information content (AvgIpc) is 2.61. The highest BCUT2D eigenvalue weighted by atomic mass is 32.1. The quantitative estimate of drug-likeness (QED) is 0.681. The third-order valence-electron chi connectivity index (χ3n) is 3.09. The summed E-state index contributed by atoms with van der Waals surface area (Å²) in [7, 11) is 0. The summed E-state index contributed by atoms with van der Waals surface area (Å²) in [5.41, 5.74) is 1.83. The third-order valence-corrected chi connectivity index (χ3v) is 4.05. The number of fused-ring (bicyclic) bond motifs is 1. The van der Waals surface area contributed by atoms with Crippen molar-refractivity contribution in [2.75, 3.05) is 0 Å². The van der Waals surface area contributed by atoms with Gasteiger partial charge in [0, 0.05) is 4.70 Å². The van der Waals surface area contributed by atoms with Crippen molar-refractivity contribution in [1.29, 1.82) is 0 Å². The van der Waals surface area contributed by atoms with Gasteiger partial charge in [-0.2, -0.15) is 0 Å². The first kappa shape index (κ1) is 10.7. The normalized spacial score (nSPS) is 12.2. The summed E-state index contributed by atoms with van der Waals surface area (Å²) in [5, 5.41) is 3.78. The lowest BCUT2D eigenvalue weighted by molar-refractivity contribution is 0.478. The van der Waals surface area contributed by atoms with E-state index >= 15 is 0 Å². The summed E-state index contributed by atoms with van der Waals surface area (Å²) in [4.78, 5) is 0. The fraction of sp³-hybridized carbons (Fsp3) is 0.429. The maximum Gasteiger partial charge on any atom is 0.0345 e. The Morgan fingerprint density at radius 2 is 1.93 bits per heavy atom. The first-order valence-corrected chi connectivity index (χ1v) is 6.50. The molecular formula is C14H18S. The zero-order valence-corrected chi connectivity index (χ0v) is 10.5. The van der Waals surface area contributed by atoms with E-state index in [1.165, 1.54) is 28.5 Å². The van der Waals surface area contributed by atoms with Gasteiger partial charge in [-0.05, 0) is 34.2 Å². The molecule has 15 heavy (non-hydrogen) atoms. The first-order valence-electron chi connectivity index (χ1n) is 5.62. The van der Waals surface area contributed by atoms with Crippen molar-refractivity contribution in [2.24, 2.45) is 0 Å². The van der Waals surface area contributed by atoms with E-state index in [0.717, 1.165) is 0 Å². The minimum absolute atomic E-state index is 0.314. The van der Waals surface area contributed by atoms with Gasteiger partial charge in [-0.1, -0.05) is 45.4 Å². The molecule has 0 bridgehead atoms. The van der Waals surface area contributed by atoms with Crippen molar-refractivity contribution < 1.29 is 0 Å². The molecule has 2 rings (SSSR count). The number of thiophene rings is 1. The van der Waals surface area contributed by atoms with Gasteiger partial charge in [0.15, 0.2) is 0 Å². The largest absolute Gasteiger partial charge is 0.144 e. The minimum atomic E-state index is 0.314. The van der Waals surface area contributed by atoms with Crippen LogP contribution in [0.3, 0.4) is 0 Å². The summed E-state index contributed by atoms with van der Waals surface area (Å²) >= 11 is 1.87. The third kappa shape index (κ3) is 1.93. The fourth-order valence-corrected chi connectivity index (χ4v) is 3.41. The van der Waals surface area contributed by atoms with Crippen molar-refractivity contribution in [2.45, 2.75) is 39.0 Å². The molecule has 2 aromatic rings. The van der Waals surface area contributed by atoms with Gasteiger partial charge in [0.25, 0.3) is 0 Å². The standard InChI is InChI=1S/C14H18S/c1-4-9-14(2,3)12-10-15-13-8-6-5-7-11(12)13/h5-8,10H,4,9H2,1-3H3. The molecular weight excluding hydrogens is 200 g/mol. The van der Waals surface area contributed by atoms with Crippen molar-refractivity contribution in [3.63, 3.8) is 0 Å². The minimum Gasteiger partial charge on any atom is -0.144 e. The van der Waals surface area contributed by atoms with Crippen molar-refractivity contribution in [3.05, 3.63) is 35.2 Å². The topological polar surface area (TPSA) is 0 Å². The molecule has 0 aliphatic rings. The Morgan fingerprint density at radius 1 is 1.20 bits per heavy atom. The van der Waals surface area contributed by atoms with Gasteiger partial charge < -0.3 is 0 Å². The predicted molar refractivity (Wildman–Crippen MR) is 69.8 cm³/mol. The average molecular weight is 218 g/mol. The van der Waals surface area contributed by atoms with Gasteiger partial charge in [0.2, 0.25) is 0 Å². The molecule has 0 radical (unpaired) electrons. The summed E-state index contributed by atoms with van der Waals surface area (Å²) in [5.74, 6) is 0. The van der Waals surface area contributed by atoms with E-state index < -0.39 is 0 Å². The number of rotatable bonds is 3. The molecule has 0 amide bonds. The van der Waals surface area contributed by atoms with Crippen molar-refractivity contribution >= 4 is 21.4 Å². The predicted octanol–water partition coefficient (Wildman–Crippen LogP) is 4.98. The highest BCUT2D eigenvalue weighted by molar-refractivity contribution is 7.17. The van der Waals surface area contributed by atoms with Crippen LogP contribution in [0.4, 0.5) is 0 Å². The molecule has 1 heteroatoms. The second-order valence-corrected chi connectivity index (χ2v) is 5.69. The van der Waals surface area contributed by atoms with Gasteiger partial charge in [-0.25, -0.2) is 0 Å². The Labute approximate surface area is 95.9 Å². The van der Waals surface area contributed by atoms with Crippen LogP contribution in [0, 0.1) is 0 Å². The van der Waals surface area contributed by atoms with Gasteiger partial charge in [0.05, 0.1) is 0 Å². The van der Waals surface area contributed by atoms with Crippen LogP contribution in [0.25, 0.3) is 10.1 Å². The maximum absolute atomic E-state index is 2.35. The molecule has 0 saturated heterocycles. The molecule has 1 aromatic carbocycles. The van der Waals surface area contributed by atoms with Crippen molar-refractivity contribution in [3.8, 4) is 0 Å². The fourth-order valence-electron chi connectivity index (χ4n) is 2.26. The zero-order valence-electron chi connectivity index (χ0n) is 9.71. The van der Waals surface area contributed by atoms with E-state index in [9.17, 15) is 0 Å². The highest BCUT2D eigenvalue weighted by Gasteiger charge is 2.22. The number of hydrogen-bond donors (Lipinski definition) is 0. The van der Waals surface area contributed by atoms with Crippen LogP contribution in [0.1, 0.15) is 39.2 Å². The van der Waals surface area contributed by atoms with Crippen LogP contribution in [-0.2, 0) is 5.41 Å². The van der Waals surface area contributed by atoms with E-state index in [1.54, 1.807) is 0 Å². The molecule has 0 spiro atoms. The summed E-state index contributed by atoms with van der Waals surface area (Å²) < 4.78 is 1.41. The second kappa shape index (κ2) is 3.97. The Hall–Kier alpha value is -0.820. The van der Waals surface area contributed by atoms with Crippen LogP contribution in [-0.4, -0.2) is 0 Å². The Bertz CT molecular complexity index is 451. The first-order chi connectivity index (χ1) is 7.15. The molecule has 1 heterocycles. The molecule has 0 aliphatic carbocycles. The Balaban J connectivity index is 2.52. The Morgan fingerprint density at radius 3 is 2.67 bits per heavy atom. The number of hydrogen-bond acceptors (Lipinski definition) is 1. The van der Waals surface area contributed by atoms with E-state index in [2.05, 4.69) is 50.4 Å². The molecule has 0 N–H and O–H groups in total. The van der Waals surface area contributed by atoms with Crippen molar-refractivity contribution in [1.82, 2.24) is 0 Å². The lowest BCUT2D eigenvalue weighted by atomic mass is 9.81. The van der Waals surface area contributed by atoms with Gasteiger partial charge >= 0.3 is 0 Å². The van der Waals surface area contributed by atoms with E-state index in [0.29, 0.717) is 5.41 Å². The SMILES string of the molecule is CCCC(C)(C)c1csc2ccccc12. The van der Waals surface area contributed by atoms with Crippen LogP contribution in [0.15, 0.2) is 29.6 Å². The molecule has 0 atom stereocenters. The van der Waals surface area contributed by atoms with E-state index in [-0.39, 0.29) is 0 Å². The van der Waals surface area contributed by atoms with E-state index in [1.807, 2.05) is 11.3 Å². The molecule has 80 valence electrons. The number of benzene rings is 1. The molecule has 1 aromatic heterocycles. The van der Waals surface area contributed by atoms with Gasteiger partial charge in [-0.3, -0.25) is 0 Å². The lowest BCUT2D eigenvalue weighted by Crippen LogP contribution is -2.15. The van der Waals surface area contributed by atoms with Gasteiger partial charge in [-0.15, -0.1) is 11.3 Å².